The molecule has 0 atom stereocenters. The van der Waals surface area contributed by atoms with E-state index in [1.165, 1.54) is 6.07 Å². The van der Waals surface area contributed by atoms with E-state index in [1.54, 1.807) is 25.3 Å². The van der Waals surface area contributed by atoms with E-state index in [4.69, 9.17) is 4.74 Å². The van der Waals surface area contributed by atoms with Crippen LogP contribution in [0.25, 0.3) is 0 Å². The summed E-state index contributed by atoms with van der Waals surface area (Å²) in [5, 5.41) is 6.26. The molecule has 0 unspecified atom stereocenters. The molecule has 0 heterocycles. The van der Waals surface area contributed by atoms with Crippen LogP contribution in [0.5, 0.6) is 11.5 Å². The lowest BCUT2D eigenvalue weighted by atomic mass is 10.2. The molecule has 0 aromatic heterocycles. The molecule has 0 aliphatic heterocycles. The standard InChI is InChI=1S/C19H23F2N3O2.HI/c1-3-22-19(23-12-14-7-6-9-16(11-14)25-2)24-13-15-8-4-5-10-17(15)26-18(20)21;/h4-11,18H,3,12-13H2,1-2H3,(H2,22,23,24);1H. The van der Waals surface area contributed by atoms with Gasteiger partial charge in [0.2, 0.25) is 0 Å². The quantitative estimate of drug-likeness (QED) is 0.331. The smallest absolute Gasteiger partial charge is 0.387 e. The van der Waals surface area contributed by atoms with Crippen molar-refractivity contribution >= 4 is 29.9 Å². The molecule has 0 radical (unpaired) electrons. The molecule has 0 bridgehead atoms. The van der Waals surface area contributed by atoms with Gasteiger partial charge in [0.25, 0.3) is 0 Å². The first-order valence-corrected chi connectivity index (χ1v) is 8.30. The van der Waals surface area contributed by atoms with Crippen LogP contribution in [0.2, 0.25) is 0 Å². The minimum absolute atomic E-state index is 0. The van der Waals surface area contributed by atoms with Crippen molar-refractivity contribution in [2.45, 2.75) is 26.6 Å². The summed E-state index contributed by atoms with van der Waals surface area (Å²) in [5.74, 6) is 1.51. The number of benzene rings is 2. The fourth-order valence-corrected chi connectivity index (χ4v) is 2.32. The number of nitrogens with one attached hydrogen (secondary N) is 2. The van der Waals surface area contributed by atoms with Crippen molar-refractivity contribution in [1.82, 2.24) is 10.6 Å². The van der Waals surface area contributed by atoms with Gasteiger partial charge < -0.3 is 20.1 Å². The van der Waals surface area contributed by atoms with Crippen LogP contribution in [0.4, 0.5) is 8.78 Å². The van der Waals surface area contributed by atoms with Gasteiger partial charge in [-0.05, 0) is 30.7 Å². The van der Waals surface area contributed by atoms with Crippen molar-refractivity contribution in [2.24, 2.45) is 4.99 Å². The maximum atomic E-state index is 12.5. The van der Waals surface area contributed by atoms with Gasteiger partial charge in [0.05, 0.1) is 13.7 Å². The molecule has 0 fully saturated rings. The van der Waals surface area contributed by atoms with Gasteiger partial charge in [-0.1, -0.05) is 30.3 Å². The van der Waals surface area contributed by atoms with E-state index in [9.17, 15) is 8.78 Å². The van der Waals surface area contributed by atoms with Crippen LogP contribution in [0.3, 0.4) is 0 Å². The summed E-state index contributed by atoms with van der Waals surface area (Å²) in [7, 11) is 1.62. The number of hydrogen-bond donors (Lipinski definition) is 2. The fourth-order valence-electron chi connectivity index (χ4n) is 2.32. The Labute approximate surface area is 175 Å². The monoisotopic (exact) mass is 491 g/mol. The lowest BCUT2D eigenvalue weighted by Gasteiger charge is -2.14. The second-order valence-corrected chi connectivity index (χ2v) is 5.39. The number of alkyl halides is 2. The zero-order valence-electron chi connectivity index (χ0n) is 15.2. The van der Waals surface area contributed by atoms with E-state index < -0.39 is 6.61 Å². The highest BCUT2D eigenvalue weighted by molar-refractivity contribution is 14.0. The molecule has 2 rings (SSSR count). The van der Waals surface area contributed by atoms with Gasteiger partial charge in [0, 0.05) is 18.7 Å². The van der Waals surface area contributed by atoms with Gasteiger partial charge in [-0.3, -0.25) is 0 Å². The average molecular weight is 491 g/mol. The van der Waals surface area contributed by atoms with Crippen molar-refractivity contribution in [3.8, 4) is 11.5 Å². The number of methoxy groups -OCH3 is 1. The first-order chi connectivity index (χ1) is 12.6. The lowest BCUT2D eigenvalue weighted by Crippen LogP contribution is -2.36. The Morgan fingerprint density at radius 1 is 1.11 bits per heavy atom. The van der Waals surface area contributed by atoms with Crippen LogP contribution in [0.15, 0.2) is 53.5 Å². The highest BCUT2D eigenvalue weighted by Gasteiger charge is 2.09. The zero-order chi connectivity index (χ0) is 18.8. The fraction of sp³-hybridized carbons (Fsp3) is 0.316. The number of aliphatic imine (C=N–C) groups is 1. The minimum atomic E-state index is -2.86. The van der Waals surface area contributed by atoms with Crippen LogP contribution in [-0.2, 0) is 13.1 Å². The summed E-state index contributed by atoms with van der Waals surface area (Å²) in [6, 6.07) is 14.3. The predicted octanol–water partition coefficient (Wildman–Crippen LogP) is 4.17. The van der Waals surface area contributed by atoms with Crippen molar-refractivity contribution < 1.29 is 18.3 Å². The van der Waals surface area contributed by atoms with Crippen molar-refractivity contribution in [3.05, 3.63) is 59.7 Å². The number of para-hydroxylation sites is 1. The third-order valence-electron chi connectivity index (χ3n) is 3.53. The zero-order valence-corrected chi connectivity index (χ0v) is 17.6. The molecule has 2 N–H and O–H groups in total. The molecule has 0 saturated carbocycles. The molecule has 27 heavy (non-hydrogen) atoms. The first kappa shape index (κ1) is 22.9. The molecule has 2 aromatic rings. The molecule has 8 heteroatoms. The first-order valence-electron chi connectivity index (χ1n) is 8.30. The molecular formula is C19H24F2IN3O2. The van der Waals surface area contributed by atoms with E-state index in [-0.39, 0.29) is 29.7 Å². The van der Waals surface area contributed by atoms with Crippen molar-refractivity contribution in [2.75, 3.05) is 13.7 Å². The molecule has 0 spiro atoms. The molecule has 5 nitrogen and oxygen atoms in total. The highest BCUT2D eigenvalue weighted by Crippen LogP contribution is 2.20. The normalized spacial score (nSPS) is 10.9. The number of nitrogens with zero attached hydrogens (tertiary/aromatic N) is 1. The Morgan fingerprint density at radius 3 is 2.59 bits per heavy atom. The Hall–Kier alpha value is -2.10. The number of guanidine groups is 1. The lowest BCUT2D eigenvalue weighted by molar-refractivity contribution is -0.0504. The summed E-state index contributed by atoms with van der Waals surface area (Å²) in [5.41, 5.74) is 1.63. The van der Waals surface area contributed by atoms with Crippen LogP contribution in [-0.4, -0.2) is 26.2 Å². The maximum Gasteiger partial charge on any atom is 0.387 e. The summed E-state index contributed by atoms with van der Waals surface area (Å²) in [4.78, 5) is 4.51. The van der Waals surface area contributed by atoms with Gasteiger partial charge in [0.1, 0.15) is 11.5 Å². The van der Waals surface area contributed by atoms with Crippen LogP contribution in [0.1, 0.15) is 18.1 Å². The average Bonchev–Trinajstić information content (AvgIpc) is 2.65. The van der Waals surface area contributed by atoms with Gasteiger partial charge >= 0.3 is 6.61 Å². The summed E-state index contributed by atoms with van der Waals surface area (Å²) in [6.07, 6.45) is 0. The van der Waals surface area contributed by atoms with Gasteiger partial charge in [-0.15, -0.1) is 24.0 Å². The van der Waals surface area contributed by atoms with E-state index in [0.29, 0.717) is 31.2 Å². The van der Waals surface area contributed by atoms with Crippen LogP contribution in [0, 0.1) is 0 Å². The van der Waals surface area contributed by atoms with Gasteiger partial charge in [0.15, 0.2) is 5.96 Å². The molecule has 0 saturated heterocycles. The molecule has 0 aliphatic carbocycles. The second kappa shape index (κ2) is 12.3. The van der Waals surface area contributed by atoms with Gasteiger partial charge in [-0.2, -0.15) is 8.78 Å². The summed E-state index contributed by atoms with van der Waals surface area (Å²) >= 11 is 0. The Morgan fingerprint density at radius 2 is 1.89 bits per heavy atom. The third-order valence-corrected chi connectivity index (χ3v) is 3.53. The van der Waals surface area contributed by atoms with Gasteiger partial charge in [-0.25, -0.2) is 4.99 Å². The number of ether oxygens (including phenoxy) is 2. The third kappa shape index (κ3) is 7.98. The molecule has 148 valence electrons. The van der Waals surface area contributed by atoms with E-state index >= 15 is 0 Å². The molecular weight excluding hydrogens is 467 g/mol. The Balaban J connectivity index is 0.00000364. The van der Waals surface area contributed by atoms with E-state index in [2.05, 4.69) is 20.4 Å². The molecule has 0 aliphatic rings. The summed E-state index contributed by atoms with van der Waals surface area (Å²) < 4.78 is 34.8. The van der Waals surface area contributed by atoms with E-state index in [0.717, 1.165) is 11.3 Å². The van der Waals surface area contributed by atoms with Crippen molar-refractivity contribution in [3.63, 3.8) is 0 Å². The maximum absolute atomic E-state index is 12.5. The van der Waals surface area contributed by atoms with Crippen molar-refractivity contribution in [1.29, 1.82) is 0 Å². The largest absolute Gasteiger partial charge is 0.497 e. The number of rotatable bonds is 8. The van der Waals surface area contributed by atoms with Crippen LogP contribution >= 0.6 is 24.0 Å². The second-order valence-electron chi connectivity index (χ2n) is 5.39. The summed E-state index contributed by atoms with van der Waals surface area (Å²) in [6.45, 7) is 0.552. The predicted molar refractivity (Wildman–Crippen MR) is 113 cm³/mol. The Bertz CT molecular complexity index is 730. The topological polar surface area (TPSA) is 54.9 Å². The minimum Gasteiger partial charge on any atom is -0.497 e. The Kier molecular flexibility index (Phi) is 10.5. The number of hydrogen-bond acceptors (Lipinski definition) is 3. The number of halogens is 3. The highest BCUT2D eigenvalue weighted by atomic mass is 127. The van der Waals surface area contributed by atoms with E-state index in [1.807, 2.05) is 31.2 Å². The molecule has 0 amide bonds. The molecule has 2 aromatic carbocycles. The van der Waals surface area contributed by atoms with Crippen LogP contribution < -0.4 is 20.1 Å². The SMILES string of the molecule is CCNC(=NCc1cccc(OC)c1)NCc1ccccc1OC(F)F.I.